The summed E-state index contributed by atoms with van der Waals surface area (Å²) in [6, 6.07) is 7.37. The molecule has 1 aromatic carbocycles. The maximum atomic E-state index is 5.28. The van der Waals surface area contributed by atoms with Gasteiger partial charge in [0.05, 0.1) is 0 Å². The highest BCUT2D eigenvalue weighted by atomic mass is 32.1. The fourth-order valence-corrected chi connectivity index (χ4v) is 0.864. The molecule has 0 aliphatic rings. The van der Waals surface area contributed by atoms with Crippen molar-refractivity contribution in [2.75, 3.05) is 6.61 Å². The number of ether oxygens (including phenoxy) is 1. The lowest BCUT2D eigenvalue weighted by Gasteiger charge is -2.00. The smallest absolute Gasteiger partial charge is 0.149 e. The molecule has 1 radical (unpaired) electrons. The van der Waals surface area contributed by atoms with Gasteiger partial charge in [-0.1, -0.05) is 18.5 Å². The van der Waals surface area contributed by atoms with Crippen LogP contribution in [0.2, 0.25) is 0 Å². The van der Waals surface area contributed by atoms with Crippen molar-refractivity contribution in [3.05, 3.63) is 24.3 Å². The Morgan fingerprint density at radius 1 is 1.33 bits per heavy atom. The molecule has 0 bridgehead atoms. The second-order valence-electron chi connectivity index (χ2n) is 2.19. The largest absolute Gasteiger partial charge is 0.481 e. The van der Waals surface area contributed by atoms with E-state index in [1.807, 2.05) is 24.3 Å². The van der Waals surface area contributed by atoms with Crippen molar-refractivity contribution in [1.82, 2.24) is 0 Å². The fraction of sp³-hybridized carbons (Fsp3) is 0.200. The van der Waals surface area contributed by atoms with E-state index in [4.69, 9.17) is 17.4 Å². The highest BCUT2D eigenvalue weighted by Crippen LogP contribution is 2.13. The van der Waals surface area contributed by atoms with Gasteiger partial charge in [-0.05, 0) is 31.2 Å². The minimum Gasteiger partial charge on any atom is -0.481 e. The average Bonchev–Trinajstić information content (AvgIpc) is 2.09. The average molecular weight is 177 g/mol. The summed E-state index contributed by atoms with van der Waals surface area (Å²) < 4.78 is 5.28. The summed E-state index contributed by atoms with van der Waals surface area (Å²) in [4.78, 5) is 0.823. The first-order chi connectivity index (χ1) is 5.83. The number of rotatable bonds is 2. The minimum atomic E-state index is 0.438. The molecule has 0 atom stereocenters. The number of benzene rings is 1. The molecule has 1 aromatic rings. The zero-order chi connectivity index (χ0) is 8.81. The maximum absolute atomic E-state index is 5.28. The van der Waals surface area contributed by atoms with Crippen LogP contribution in [0.25, 0.3) is 0 Å². The Balaban J connectivity index is 2.51. The Bertz CT molecular complexity index is 292. The SMILES string of the molecule is CC#CCOc1ccc([S])cc1. The molecule has 12 heavy (non-hydrogen) atoms. The topological polar surface area (TPSA) is 9.23 Å². The molecule has 0 unspecified atom stereocenters. The molecule has 0 saturated carbocycles. The van der Waals surface area contributed by atoms with Crippen LogP contribution in [-0.2, 0) is 0 Å². The van der Waals surface area contributed by atoms with E-state index >= 15 is 0 Å². The highest BCUT2D eigenvalue weighted by Gasteiger charge is 1.90. The molecular weight excluding hydrogens is 168 g/mol. The predicted octanol–water partition coefficient (Wildman–Crippen LogP) is 2.65. The first-order valence-electron chi connectivity index (χ1n) is 3.62. The van der Waals surface area contributed by atoms with Crippen LogP contribution in [0.3, 0.4) is 0 Å². The first-order valence-corrected chi connectivity index (χ1v) is 4.03. The van der Waals surface area contributed by atoms with E-state index < -0.39 is 0 Å². The molecule has 0 saturated heterocycles. The third-order valence-corrected chi connectivity index (χ3v) is 1.58. The van der Waals surface area contributed by atoms with Crippen molar-refractivity contribution in [2.24, 2.45) is 0 Å². The van der Waals surface area contributed by atoms with Gasteiger partial charge in [-0.25, -0.2) is 0 Å². The van der Waals surface area contributed by atoms with Gasteiger partial charge in [0.2, 0.25) is 0 Å². The zero-order valence-electron chi connectivity index (χ0n) is 6.83. The molecule has 0 aliphatic carbocycles. The van der Waals surface area contributed by atoms with Crippen LogP contribution in [0.15, 0.2) is 29.2 Å². The first kappa shape index (κ1) is 8.89. The van der Waals surface area contributed by atoms with E-state index in [9.17, 15) is 0 Å². The molecule has 2 heteroatoms. The van der Waals surface area contributed by atoms with E-state index in [1.54, 1.807) is 6.92 Å². The van der Waals surface area contributed by atoms with Gasteiger partial charge in [-0.2, -0.15) is 0 Å². The van der Waals surface area contributed by atoms with E-state index in [1.165, 1.54) is 0 Å². The summed E-state index contributed by atoms with van der Waals surface area (Å²) in [5.74, 6) is 6.38. The van der Waals surface area contributed by atoms with Crippen LogP contribution in [0, 0.1) is 11.8 Å². The number of hydrogen-bond acceptors (Lipinski definition) is 1. The van der Waals surface area contributed by atoms with Crippen LogP contribution in [0.5, 0.6) is 5.75 Å². The molecule has 0 spiro atoms. The Hall–Kier alpha value is -1.20. The standard InChI is InChI=1S/C10H9OS/c1-2-3-8-11-9-4-6-10(12)7-5-9/h4-7H,8H2,1H3. The van der Waals surface area contributed by atoms with Crippen molar-refractivity contribution in [1.29, 1.82) is 0 Å². The summed E-state index contributed by atoms with van der Waals surface area (Å²) in [7, 11) is 0. The van der Waals surface area contributed by atoms with Crippen molar-refractivity contribution in [3.8, 4) is 17.6 Å². The molecule has 0 fully saturated rings. The predicted molar refractivity (Wildman–Crippen MR) is 51.2 cm³/mol. The molecule has 0 N–H and O–H groups in total. The van der Waals surface area contributed by atoms with Crippen LogP contribution in [-0.4, -0.2) is 6.61 Å². The molecule has 0 heterocycles. The summed E-state index contributed by atoms with van der Waals surface area (Å²) in [6.45, 7) is 2.23. The molecular formula is C10H9OS. The van der Waals surface area contributed by atoms with E-state index in [-0.39, 0.29) is 0 Å². The summed E-state index contributed by atoms with van der Waals surface area (Å²) in [6.07, 6.45) is 0. The second kappa shape index (κ2) is 4.63. The Kier molecular flexibility index (Phi) is 3.43. The minimum absolute atomic E-state index is 0.438. The van der Waals surface area contributed by atoms with Gasteiger partial charge in [-0.3, -0.25) is 0 Å². The van der Waals surface area contributed by atoms with Gasteiger partial charge < -0.3 is 4.74 Å². The Morgan fingerprint density at radius 2 is 2.00 bits per heavy atom. The van der Waals surface area contributed by atoms with Gasteiger partial charge in [0, 0.05) is 4.90 Å². The molecule has 61 valence electrons. The van der Waals surface area contributed by atoms with Crippen LogP contribution < -0.4 is 4.74 Å². The van der Waals surface area contributed by atoms with Gasteiger partial charge in [0.25, 0.3) is 0 Å². The van der Waals surface area contributed by atoms with Crippen molar-refractivity contribution in [3.63, 3.8) is 0 Å². The molecule has 1 rings (SSSR count). The fourth-order valence-electron chi connectivity index (χ4n) is 0.727. The Morgan fingerprint density at radius 3 is 2.58 bits per heavy atom. The third-order valence-electron chi connectivity index (χ3n) is 1.31. The van der Waals surface area contributed by atoms with Gasteiger partial charge in [-0.15, -0.1) is 5.92 Å². The van der Waals surface area contributed by atoms with Crippen molar-refractivity contribution >= 4 is 12.6 Å². The molecule has 0 aliphatic heterocycles. The van der Waals surface area contributed by atoms with E-state index in [0.29, 0.717) is 6.61 Å². The lowest BCUT2D eigenvalue weighted by Crippen LogP contribution is -1.92. The Labute approximate surface area is 78.2 Å². The number of hydrogen-bond donors (Lipinski definition) is 0. The second-order valence-corrected chi connectivity index (χ2v) is 2.66. The van der Waals surface area contributed by atoms with Crippen LogP contribution >= 0.6 is 12.6 Å². The summed E-state index contributed by atoms with van der Waals surface area (Å²) >= 11 is 4.92. The van der Waals surface area contributed by atoms with Crippen LogP contribution in [0.4, 0.5) is 0 Å². The lowest BCUT2D eigenvalue weighted by molar-refractivity contribution is 0.370. The van der Waals surface area contributed by atoms with Gasteiger partial charge in [0.1, 0.15) is 12.4 Å². The lowest BCUT2D eigenvalue weighted by atomic mass is 10.3. The van der Waals surface area contributed by atoms with Crippen molar-refractivity contribution < 1.29 is 4.74 Å². The van der Waals surface area contributed by atoms with E-state index in [0.717, 1.165) is 10.6 Å². The molecule has 0 aromatic heterocycles. The van der Waals surface area contributed by atoms with Crippen LogP contribution in [0.1, 0.15) is 6.92 Å². The zero-order valence-corrected chi connectivity index (χ0v) is 7.65. The van der Waals surface area contributed by atoms with Gasteiger partial charge >= 0.3 is 0 Å². The maximum Gasteiger partial charge on any atom is 0.149 e. The summed E-state index contributed by atoms with van der Waals surface area (Å²) in [5, 5.41) is 0. The quantitative estimate of drug-likeness (QED) is 0.631. The highest BCUT2D eigenvalue weighted by molar-refractivity contribution is 7.80. The van der Waals surface area contributed by atoms with Crippen molar-refractivity contribution in [2.45, 2.75) is 11.8 Å². The van der Waals surface area contributed by atoms with E-state index in [2.05, 4.69) is 11.8 Å². The molecule has 0 amide bonds. The third kappa shape index (κ3) is 2.81. The molecule has 1 nitrogen and oxygen atoms in total. The summed E-state index contributed by atoms with van der Waals surface area (Å²) in [5.41, 5.74) is 0. The normalized spacial score (nSPS) is 8.42. The monoisotopic (exact) mass is 177 g/mol. The van der Waals surface area contributed by atoms with Gasteiger partial charge in [0.15, 0.2) is 0 Å².